The van der Waals surface area contributed by atoms with Gasteiger partial charge in [0, 0.05) is 64.4 Å². The monoisotopic (exact) mass is 543 g/mol. The van der Waals surface area contributed by atoms with Crippen molar-refractivity contribution in [3.8, 4) is 0 Å². The van der Waals surface area contributed by atoms with Crippen molar-refractivity contribution in [2.45, 2.75) is 50.7 Å². The summed E-state index contributed by atoms with van der Waals surface area (Å²) in [6.07, 6.45) is 2.52. The minimum absolute atomic E-state index is 0.0461. The lowest BCUT2D eigenvalue weighted by Gasteiger charge is -2.47. The number of nitro benzene ring substituents is 1. The predicted octanol–water partition coefficient (Wildman–Crippen LogP) is -0.0211. The number of amides is 4. The normalized spacial score (nSPS) is 24.5. The molecule has 3 fully saturated rings. The van der Waals surface area contributed by atoms with Crippen molar-refractivity contribution in [1.82, 2.24) is 30.7 Å². The van der Waals surface area contributed by atoms with E-state index in [0.717, 1.165) is 25.9 Å². The summed E-state index contributed by atoms with van der Waals surface area (Å²) >= 11 is 0. The molecule has 1 aromatic carbocycles. The van der Waals surface area contributed by atoms with Crippen LogP contribution in [0.5, 0.6) is 0 Å². The molecule has 0 spiro atoms. The van der Waals surface area contributed by atoms with Crippen molar-refractivity contribution in [3.05, 3.63) is 39.9 Å². The molecular weight excluding hydrogens is 506 g/mol. The Hall–Kier alpha value is -3.58. The smallest absolute Gasteiger partial charge is 0.269 e. The Bertz CT molecular complexity index is 1090. The van der Waals surface area contributed by atoms with Crippen molar-refractivity contribution < 1.29 is 24.1 Å². The number of rotatable bonds is 8. The summed E-state index contributed by atoms with van der Waals surface area (Å²) in [4.78, 5) is 66.5. The van der Waals surface area contributed by atoms with Gasteiger partial charge in [-0.15, -0.1) is 0 Å². The topological polar surface area (TPSA) is 157 Å². The number of hydrogen-bond donors (Lipinski definition) is 3. The Labute approximate surface area is 227 Å². The van der Waals surface area contributed by atoms with Gasteiger partial charge < -0.3 is 20.4 Å². The van der Waals surface area contributed by atoms with Gasteiger partial charge in [0.15, 0.2) is 0 Å². The van der Waals surface area contributed by atoms with Crippen LogP contribution in [0.15, 0.2) is 24.3 Å². The van der Waals surface area contributed by atoms with Crippen LogP contribution in [0.1, 0.15) is 44.2 Å². The van der Waals surface area contributed by atoms with Crippen LogP contribution in [-0.4, -0.2) is 102 Å². The first-order chi connectivity index (χ1) is 18.7. The summed E-state index contributed by atoms with van der Waals surface area (Å²) in [5.41, 5.74) is 0.468. The van der Waals surface area contributed by atoms with Crippen molar-refractivity contribution in [1.29, 1.82) is 0 Å². The Morgan fingerprint density at radius 1 is 1.10 bits per heavy atom. The maximum Gasteiger partial charge on any atom is 0.269 e. The van der Waals surface area contributed by atoms with Gasteiger partial charge in [-0.25, -0.2) is 0 Å². The van der Waals surface area contributed by atoms with E-state index in [1.165, 1.54) is 36.2 Å². The molecule has 4 rings (SSSR count). The summed E-state index contributed by atoms with van der Waals surface area (Å²) < 4.78 is 0. The molecule has 13 heteroatoms. The van der Waals surface area contributed by atoms with Crippen molar-refractivity contribution >= 4 is 29.3 Å². The average molecular weight is 544 g/mol. The molecule has 1 saturated carbocycles. The van der Waals surface area contributed by atoms with Gasteiger partial charge in [0.05, 0.1) is 30.0 Å². The second-order valence-electron chi connectivity index (χ2n) is 10.5. The van der Waals surface area contributed by atoms with E-state index in [1.54, 1.807) is 6.92 Å². The molecule has 0 aromatic heterocycles. The van der Waals surface area contributed by atoms with Crippen LogP contribution in [0, 0.1) is 16.0 Å². The summed E-state index contributed by atoms with van der Waals surface area (Å²) in [5, 5.41) is 19.8. The first-order valence-corrected chi connectivity index (χ1v) is 13.4. The maximum atomic E-state index is 13.5. The molecule has 2 saturated heterocycles. The van der Waals surface area contributed by atoms with Crippen LogP contribution in [0.25, 0.3) is 0 Å². The number of nitrogens with zero attached hydrogens (tertiary/aromatic N) is 4. The molecule has 0 bridgehead atoms. The molecule has 4 atom stereocenters. The summed E-state index contributed by atoms with van der Waals surface area (Å²) in [5.74, 6) is -0.908. The van der Waals surface area contributed by atoms with Crippen LogP contribution < -0.4 is 16.0 Å². The molecule has 1 aliphatic carbocycles. The second kappa shape index (κ2) is 12.5. The number of fused-ring (bicyclic) bond motifs is 1. The number of non-ortho nitro benzene ring substituents is 1. The number of carbonyl (C=O) groups is 4. The highest BCUT2D eigenvalue weighted by atomic mass is 16.6. The molecule has 0 radical (unpaired) electrons. The van der Waals surface area contributed by atoms with Gasteiger partial charge in [0.2, 0.25) is 23.6 Å². The standard InChI is InChI=1S/C26H37N7O6/c1-17(34)30-9-11-31(12-10-30)20-7-8-22-21(13-20)26(37)32(16-28-22)15-25(36)29-23(14-24(35)27-2)18-3-5-19(6-4-18)33(38)39/h3-6,20-23,28H,7-16H2,1-2H3,(H,27,35)(H,29,36). The van der Waals surface area contributed by atoms with E-state index in [9.17, 15) is 29.3 Å². The molecule has 4 unspecified atom stereocenters. The molecule has 212 valence electrons. The van der Waals surface area contributed by atoms with Crippen LogP contribution in [0.4, 0.5) is 5.69 Å². The molecule has 3 aliphatic rings. The summed E-state index contributed by atoms with van der Waals surface area (Å²) in [7, 11) is 1.49. The lowest BCUT2D eigenvalue weighted by Crippen LogP contribution is -2.62. The van der Waals surface area contributed by atoms with Crippen molar-refractivity contribution in [2.75, 3.05) is 46.4 Å². The second-order valence-corrected chi connectivity index (χ2v) is 10.5. The third kappa shape index (κ3) is 6.90. The van der Waals surface area contributed by atoms with E-state index in [0.29, 0.717) is 25.1 Å². The number of benzene rings is 1. The summed E-state index contributed by atoms with van der Waals surface area (Å²) in [6, 6.07) is 5.33. The van der Waals surface area contributed by atoms with Gasteiger partial charge in [-0.2, -0.15) is 0 Å². The van der Waals surface area contributed by atoms with E-state index in [1.807, 2.05) is 4.90 Å². The Kier molecular flexibility index (Phi) is 9.12. The van der Waals surface area contributed by atoms with Gasteiger partial charge in [-0.1, -0.05) is 12.1 Å². The minimum Gasteiger partial charge on any atom is -0.359 e. The molecule has 39 heavy (non-hydrogen) atoms. The number of nitro groups is 1. The molecule has 2 heterocycles. The molecular formula is C26H37N7O6. The molecule has 4 amide bonds. The number of piperazine rings is 1. The van der Waals surface area contributed by atoms with E-state index >= 15 is 0 Å². The van der Waals surface area contributed by atoms with Gasteiger partial charge in [-0.05, 0) is 24.8 Å². The van der Waals surface area contributed by atoms with E-state index in [2.05, 4.69) is 20.9 Å². The SMILES string of the molecule is CNC(=O)CC(NC(=O)CN1CNC2CCC(N3CCN(C(C)=O)CC3)CC2C1=O)c1ccc([N+](=O)[O-])cc1. The third-order valence-corrected chi connectivity index (χ3v) is 8.12. The van der Waals surface area contributed by atoms with Gasteiger partial charge in [-0.3, -0.25) is 39.5 Å². The molecule has 3 N–H and O–H groups in total. The minimum atomic E-state index is -0.702. The number of hydrogen-bond acceptors (Lipinski definition) is 8. The molecule has 13 nitrogen and oxygen atoms in total. The van der Waals surface area contributed by atoms with E-state index in [-0.39, 0.29) is 61.0 Å². The highest BCUT2D eigenvalue weighted by molar-refractivity contribution is 5.87. The van der Waals surface area contributed by atoms with Crippen molar-refractivity contribution in [2.24, 2.45) is 5.92 Å². The Balaban J connectivity index is 1.36. The van der Waals surface area contributed by atoms with Crippen LogP contribution in [0.3, 0.4) is 0 Å². The first kappa shape index (κ1) is 28.4. The zero-order chi connectivity index (χ0) is 28.1. The third-order valence-electron chi connectivity index (χ3n) is 8.12. The molecule has 1 aromatic rings. The fourth-order valence-electron chi connectivity index (χ4n) is 5.85. The molecule has 2 aliphatic heterocycles. The van der Waals surface area contributed by atoms with Gasteiger partial charge in [0.25, 0.3) is 5.69 Å². The van der Waals surface area contributed by atoms with E-state index < -0.39 is 16.9 Å². The highest BCUT2D eigenvalue weighted by Crippen LogP contribution is 2.32. The first-order valence-electron chi connectivity index (χ1n) is 13.4. The Morgan fingerprint density at radius 3 is 2.41 bits per heavy atom. The average Bonchev–Trinajstić information content (AvgIpc) is 2.94. The number of nitrogens with one attached hydrogen (secondary N) is 3. The zero-order valence-electron chi connectivity index (χ0n) is 22.4. The van der Waals surface area contributed by atoms with Crippen molar-refractivity contribution in [3.63, 3.8) is 0 Å². The van der Waals surface area contributed by atoms with Crippen LogP contribution in [-0.2, 0) is 19.2 Å². The van der Waals surface area contributed by atoms with Gasteiger partial charge >= 0.3 is 0 Å². The predicted molar refractivity (Wildman–Crippen MR) is 141 cm³/mol. The quantitative estimate of drug-likeness (QED) is 0.305. The lowest BCUT2D eigenvalue weighted by molar-refractivity contribution is -0.384. The fraction of sp³-hybridized carbons (Fsp3) is 0.615. The Morgan fingerprint density at radius 2 is 1.79 bits per heavy atom. The van der Waals surface area contributed by atoms with Crippen LogP contribution in [0.2, 0.25) is 0 Å². The van der Waals surface area contributed by atoms with E-state index in [4.69, 9.17) is 0 Å². The fourth-order valence-corrected chi connectivity index (χ4v) is 5.85. The number of carbonyl (C=O) groups excluding carboxylic acids is 4. The highest BCUT2D eigenvalue weighted by Gasteiger charge is 2.42. The summed E-state index contributed by atoms with van der Waals surface area (Å²) in [6.45, 7) is 4.69. The maximum absolute atomic E-state index is 13.5. The largest absolute Gasteiger partial charge is 0.359 e. The zero-order valence-corrected chi connectivity index (χ0v) is 22.4. The van der Waals surface area contributed by atoms with Crippen LogP contribution >= 0.6 is 0 Å². The van der Waals surface area contributed by atoms with Gasteiger partial charge in [0.1, 0.15) is 6.54 Å². The lowest BCUT2D eigenvalue weighted by atomic mass is 9.79.